The van der Waals surface area contributed by atoms with Gasteiger partial charge >= 0.3 is 5.43 Å². The van der Waals surface area contributed by atoms with Crippen LogP contribution in [0.1, 0.15) is 59.8 Å². The Hall–Kier alpha value is -0.240. The molecule has 0 aromatic carbocycles. The van der Waals surface area contributed by atoms with Crippen molar-refractivity contribution in [3.63, 3.8) is 0 Å². The summed E-state index contributed by atoms with van der Waals surface area (Å²) < 4.78 is 4.87. The molecule has 2 nitrogen and oxygen atoms in total. The lowest BCUT2D eigenvalue weighted by Gasteiger charge is -2.16. The van der Waals surface area contributed by atoms with Crippen LogP contribution in [0.2, 0.25) is 0 Å². The second kappa shape index (κ2) is 9.32. The van der Waals surface area contributed by atoms with Gasteiger partial charge in [-0.25, -0.2) is 4.79 Å². The third-order valence-electron chi connectivity index (χ3n) is 2.14. The van der Waals surface area contributed by atoms with Crippen molar-refractivity contribution in [3.8, 4) is 0 Å². The van der Waals surface area contributed by atoms with E-state index >= 15 is 0 Å². The Morgan fingerprint density at radius 1 is 1.00 bits per heavy atom. The summed E-state index contributed by atoms with van der Waals surface area (Å²) in [5.74, 6) is 0. The van der Waals surface area contributed by atoms with Gasteiger partial charge in [0.25, 0.3) is 0 Å². The highest BCUT2D eigenvalue weighted by Crippen LogP contribution is 2.25. The van der Waals surface area contributed by atoms with Crippen LogP contribution in [0.5, 0.6) is 0 Å². The molecule has 85 valence electrons. The van der Waals surface area contributed by atoms with E-state index in [1.165, 1.54) is 19.3 Å². The lowest BCUT2D eigenvalue weighted by Crippen LogP contribution is -2.07. The van der Waals surface area contributed by atoms with Gasteiger partial charge in [0.15, 0.2) is 6.10 Å². The summed E-state index contributed by atoms with van der Waals surface area (Å²) in [6.45, 7) is 0. The summed E-state index contributed by atoms with van der Waals surface area (Å²) in [7, 11) is 0. The molecule has 1 fully saturated rings. The van der Waals surface area contributed by atoms with E-state index in [0.717, 1.165) is 31.8 Å². The van der Waals surface area contributed by atoms with Crippen molar-refractivity contribution >= 4 is 17.0 Å². The second-order valence-electron chi connectivity index (χ2n) is 3.15. The van der Waals surface area contributed by atoms with E-state index in [9.17, 15) is 4.79 Å². The van der Waals surface area contributed by atoms with E-state index in [4.69, 9.17) is 16.3 Å². The highest BCUT2D eigenvalue weighted by molar-refractivity contribution is 6.61. The predicted octanol–water partition coefficient (Wildman–Crippen LogP) is 4.91. The van der Waals surface area contributed by atoms with E-state index in [1.54, 1.807) is 0 Å². The summed E-state index contributed by atoms with van der Waals surface area (Å²) >= 11 is 5.12. The fourth-order valence-corrected chi connectivity index (χ4v) is 1.62. The molecule has 14 heavy (non-hydrogen) atoms. The van der Waals surface area contributed by atoms with Crippen LogP contribution < -0.4 is 0 Å². The Morgan fingerprint density at radius 2 is 1.43 bits per heavy atom. The van der Waals surface area contributed by atoms with Gasteiger partial charge in [-0.05, 0) is 25.7 Å². The standard InChI is InChI=1S/C9H14ClO2.2CH4/c10-9(11)12-8-6-4-2-1-3-5-7-8;;/h1-7H2;2*1H4. The lowest BCUT2D eigenvalue weighted by atomic mass is 9.99. The van der Waals surface area contributed by atoms with Crippen LogP contribution in [0, 0.1) is 6.10 Å². The average molecular weight is 222 g/mol. The van der Waals surface area contributed by atoms with Crippen LogP contribution in [-0.2, 0) is 4.74 Å². The maximum Gasteiger partial charge on any atom is 0.404 e. The van der Waals surface area contributed by atoms with Gasteiger partial charge in [-0.3, -0.25) is 0 Å². The van der Waals surface area contributed by atoms with Gasteiger partial charge in [-0.2, -0.15) is 0 Å². The maximum absolute atomic E-state index is 10.4. The van der Waals surface area contributed by atoms with Crippen LogP contribution in [0.3, 0.4) is 0 Å². The Kier molecular flexibility index (Phi) is 10.8. The third kappa shape index (κ3) is 7.19. The van der Waals surface area contributed by atoms with Gasteiger partial charge in [0.1, 0.15) is 0 Å². The minimum absolute atomic E-state index is 0. The summed E-state index contributed by atoms with van der Waals surface area (Å²) in [6, 6.07) is 0. The molecule has 0 aromatic heterocycles. The zero-order chi connectivity index (χ0) is 8.81. The Morgan fingerprint density at radius 3 is 1.86 bits per heavy atom. The minimum atomic E-state index is -0.689. The molecule has 1 rings (SSSR count). The average Bonchev–Trinajstić information content (AvgIpc) is 1.93. The molecule has 0 spiro atoms. The monoisotopic (exact) mass is 221 g/mol. The molecule has 0 saturated heterocycles. The van der Waals surface area contributed by atoms with Crippen LogP contribution >= 0.6 is 11.6 Å². The van der Waals surface area contributed by atoms with E-state index in [-0.39, 0.29) is 14.9 Å². The molecule has 0 N–H and O–H groups in total. The number of rotatable bonds is 1. The zero-order valence-corrected chi connectivity index (χ0v) is 7.90. The predicted molar refractivity (Wildman–Crippen MR) is 61.4 cm³/mol. The van der Waals surface area contributed by atoms with E-state index in [2.05, 4.69) is 0 Å². The van der Waals surface area contributed by atoms with Gasteiger partial charge in [0.05, 0.1) is 0 Å². The number of hydrogen-bond donors (Lipinski definition) is 0. The molecule has 3 heteroatoms. The van der Waals surface area contributed by atoms with Crippen molar-refractivity contribution in [3.05, 3.63) is 6.10 Å². The SMILES string of the molecule is C.C.O=C(Cl)O[C]1CCCCCCC1. The largest absolute Gasteiger partial charge is 0.443 e. The van der Waals surface area contributed by atoms with Gasteiger partial charge in [-0.15, -0.1) is 0 Å². The summed E-state index contributed by atoms with van der Waals surface area (Å²) in [5.41, 5.74) is -0.689. The molecule has 1 radical (unpaired) electrons. The van der Waals surface area contributed by atoms with Crippen LogP contribution in [0.25, 0.3) is 0 Å². The van der Waals surface area contributed by atoms with Crippen molar-refractivity contribution in [2.45, 2.75) is 59.8 Å². The Balaban J connectivity index is 0. The van der Waals surface area contributed by atoms with Gasteiger partial charge in [0.2, 0.25) is 0 Å². The molecule has 0 aromatic rings. The van der Waals surface area contributed by atoms with Gasteiger partial charge < -0.3 is 4.74 Å². The Bertz CT molecular complexity index is 140. The van der Waals surface area contributed by atoms with Crippen molar-refractivity contribution in [1.82, 2.24) is 0 Å². The molecule has 1 aliphatic rings. The van der Waals surface area contributed by atoms with Gasteiger partial charge in [-0.1, -0.05) is 34.1 Å². The molecular weight excluding hydrogens is 200 g/mol. The molecular formula is C11H22ClO2. The smallest absolute Gasteiger partial charge is 0.404 e. The molecule has 0 aliphatic heterocycles. The molecule has 0 amide bonds. The van der Waals surface area contributed by atoms with Crippen molar-refractivity contribution < 1.29 is 9.53 Å². The maximum atomic E-state index is 10.4. The number of halogens is 1. The zero-order valence-electron chi connectivity index (χ0n) is 7.14. The van der Waals surface area contributed by atoms with Crippen molar-refractivity contribution in [2.75, 3.05) is 0 Å². The summed E-state index contributed by atoms with van der Waals surface area (Å²) in [4.78, 5) is 10.4. The quantitative estimate of drug-likeness (QED) is 0.588. The highest BCUT2D eigenvalue weighted by atomic mass is 35.5. The van der Waals surface area contributed by atoms with Crippen molar-refractivity contribution in [2.24, 2.45) is 0 Å². The molecule has 1 saturated carbocycles. The normalized spacial score (nSPS) is 18.1. The summed E-state index contributed by atoms with van der Waals surface area (Å²) in [6.07, 6.45) is 8.71. The van der Waals surface area contributed by atoms with Crippen molar-refractivity contribution in [1.29, 1.82) is 0 Å². The molecule has 0 heterocycles. The minimum Gasteiger partial charge on any atom is -0.443 e. The lowest BCUT2D eigenvalue weighted by molar-refractivity contribution is 0.163. The molecule has 1 aliphatic carbocycles. The Labute approximate surface area is 93.0 Å². The number of hydrogen-bond acceptors (Lipinski definition) is 2. The molecule has 0 bridgehead atoms. The van der Waals surface area contributed by atoms with E-state index in [1.807, 2.05) is 0 Å². The third-order valence-corrected chi connectivity index (χ3v) is 2.21. The topological polar surface area (TPSA) is 26.3 Å². The second-order valence-corrected chi connectivity index (χ2v) is 3.45. The fourth-order valence-electron chi connectivity index (χ4n) is 1.52. The summed E-state index contributed by atoms with van der Waals surface area (Å²) in [5, 5.41) is 0. The van der Waals surface area contributed by atoms with E-state index in [0.29, 0.717) is 0 Å². The van der Waals surface area contributed by atoms with E-state index < -0.39 is 5.43 Å². The molecule has 0 atom stereocenters. The number of carbonyl (C=O) groups excluding carboxylic acids is 1. The number of carbonyl (C=O) groups is 1. The van der Waals surface area contributed by atoms with Gasteiger partial charge in [0, 0.05) is 11.6 Å². The van der Waals surface area contributed by atoms with Crippen LogP contribution in [0.4, 0.5) is 4.79 Å². The van der Waals surface area contributed by atoms with Crippen LogP contribution in [0.15, 0.2) is 0 Å². The first kappa shape index (κ1) is 16.2. The molecule has 0 unspecified atom stereocenters. The first-order chi connectivity index (χ1) is 5.79. The first-order valence-electron chi connectivity index (χ1n) is 4.51. The highest BCUT2D eigenvalue weighted by Gasteiger charge is 2.15. The van der Waals surface area contributed by atoms with Crippen LogP contribution in [-0.4, -0.2) is 5.43 Å². The number of ether oxygens (including phenoxy) is 1. The first-order valence-corrected chi connectivity index (χ1v) is 4.89. The fraction of sp³-hybridized carbons (Fsp3) is 0.818.